The van der Waals surface area contributed by atoms with Crippen molar-refractivity contribution in [2.24, 2.45) is 0 Å². The first kappa shape index (κ1) is 18.7. The average Bonchev–Trinajstić information content (AvgIpc) is 3.30. The molecule has 0 amide bonds. The van der Waals surface area contributed by atoms with Crippen molar-refractivity contribution >= 4 is 16.9 Å². The van der Waals surface area contributed by atoms with Gasteiger partial charge in [0.1, 0.15) is 23.5 Å². The molecule has 7 nitrogen and oxygen atoms in total. The van der Waals surface area contributed by atoms with Gasteiger partial charge in [0.05, 0.1) is 17.9 Å². The molecule has 3 aromatic rings. The zero-order valence-corrected chi connectivity index (χ0v) is 16.1. The van der Waals surface area contributed by atoms with Crippen LogP contribution >= 0.6 is 0 Å². The van der Waals surface area contributed by atoms with Gasteiger partial charge < -0.3 is 9.64 Å². The largest absolute Gasteiger partial charge is 0.488 e. The maximum absolute atomic E-state index is 13.9. The second kappa shape index (κ2) is 7.81. The van der Waals surface area contributed by atoms with E-state index in [4.69, 9.17) is 14.7 Å². The molecule has 0 saturated carbocycles. The standard InChI is InChI=1S/C21H20F2N6O/c22-14-1-2-19(16(23)9-14)30-15-4-7-29(8-5-15)21-20(13-10-25-26-11-13)27-18-12-24-6-3-17(18)28-21/h2-3,6,9-12,14-15H,1,4-5,7-8H2,(H,25,26). The summed E-state index contributed by atoms with van der Waals surface area (Å²) in [6, 6.07) is 1.84. The number of alkyl halides is 1. The van der Waals surface area contributed by atoms with Crippen LogP contribution in [0.5, 0.6) is 0 Å². The van der Waals surface area contributed by atoms with E-state index in [0.717, 1.165) is 28.7 Å². The molecule has 1 fully saturated rings. The summed E-state index contributed by atoms with van der Waals surface area (Å²) in [5.74, 6) is 0.309. The predicted molar refractivity (Wildman–Crippen MR) is 108 cm³/mol. The van der Waals surface area contributed by atoms with E-state index in [1.54, 1.807) is 24.8 Å². The Labute approximate surface area is 171 Å². The van der Waals surface area contributed by atoms with Crippen LogP contribution in [0.15, 0.2) is 54.6 Å². The van der Waals surface area contributed by atoms with Crippen molar-refractivity contribution in [3.8, 4) is 11.3 Å². The molecule has 0 radical (unpaired) electrons. The molecular weight excluding hydrogens is 390 g/mol. The van der Waals surface area contributed by atoms with E-state index in [0.29, 0.717) is 31.4 Å². The summed E-state index contributed by atoms with van der Waals surface area (Å²) in [5.41, 5.74) is 3.07. The minimum atomic E-state index is -1.28. The Morgan fingerprint density at radius 2 is 2.00 bits per heavy atom. The smallest absolute Gasteiger partial charge is 0.163 e. The predicted octanol–water partition coefficient (Wildman–Crippen LogP) is 3.88. The molecule has 1 aliphatic heterocycles. The highest BCUT2D eigenvalue weighted by Crippen LogP contribution is 2.32. The van der Waals surface area contributed by atoms with Crippen molar-refractivity contribution in [3.63, 3.8) is 0 Å². The van der Waals surface area contributed by atoms with E-state index in [1.807, 2.05) is 6.07 Å². The number of nitrogens with zero attached hydrogens (tertiary/aromatic N) is 5. The molecule has 0 bridgehead atoms. The SMILES string of the molecule is FC1=CC(F)CC=C1OC1CCN(c2nc3ccncc3nc2-c2cn[nH]c2)CC1. The normalized spacial score (nSPS) is 20.2. The molecule has 1 unspecified atom stereocenters. The van der Waals surface area contributed by atoms with E-state index in [-0.39, 0.29) is 18.3 Å². The molecular formula is C21H20F2N6O. The zero-order valence-electron chi connectivity index (χ0n) is 16.1. The monoisotopic (exact) mass is 410 g/mol. The molecule has 5 rings (SSSR count). The molecule has 0 spiro atoms. The zero-order chi connectivity index (χ0) is 20.5. The second-order valence-electron chi connectivity index (χ2n) is 7.39. The van der Waals surface area contributed by atoms with Gasteiger partial charge in [-0.2, -0.15) is 5.10 Å². The molecule has 1 saturated heterocycles. The first-order valence-corrected chi connectivity index (χ1v) is 9.92. The van der Waals surface area contributed by atoms with E-state index in [9.17, 15) is 8.78 Å². The molecule has 4 heterocycles. The number of piperidine rings is 1. The fraction of sp³-hybridized carbons (Fsp3) is 0.333. The molecule has 1 atom stereocenters. The van der Waals surface area contributed by atoms with Gasteiger partial charge in [0, 0.05) is 50.3 Å². The quantitative estimate of drug-likeness (QED) is 0.703. The first-order chi connectivity index (χ1) is 14.7. The summed E-state index contributed by atoms with van der Waals surface area (Å²) in [4.78, 5) is 15.9. The average molecular weight is 410 g/mol. The lowest BCUT2D eigenvalue weighted by Crippen LogP contribution is -2.38. The van der Waals surface area contributed by atoms with Crippen molar-refractivity contribution in [2.45, 2.75) is 31.5 Å². The van der Waals surface area contributed by atoms with Crippen LogP contribution in [0.1, 0.15) is 19.3 Å². The number of rotatable bonds is 4. The van der Waals surface area contributed by atoms with Crippen molar-refractivity contribution in [3.05, 3.63) is 54.6 Å². The van der Waals surface area contributed by atoms with Gasteiger partial charge in [-0.1, -0.05) is 0 Å². The van der Waals surface area contributed by atoms with Crippen LogP contribution in [0, 0.1) is 0 Å². The number of anilines is 1. The molecule has 0 aromatic carbocycles. The first-order valence-electron chi connectivity index (χ1n) is 9.92. The van der Waals surface area contributed by atoms with Crippen LogP contribution < -0.4 is 4.90 Å². The van der Waals surface area contributed by atoms with Crippen molar-refractivity contribution in [1.29, 1.82) is 0 Å². The Morgan fingerprint density at radius 3 is 2.77 bits per heavy atom. The Kier molecular flexibility index (Phi) is 4.86. The molecule has 154 valence electrons. The van der Waals surface area contributed by atoms with Crippen LogP contribution in [-0.2, 0) is 4.74 Å². The minimum absolute atomic E-state index is 0.127. The third-order valence-corrected chi connectivity index (χ3v) is 5.35. The fourth-order valence-corrected chi connectivity index (χ4v) is 3.79. The fourth-order valence-electron chi connectivity index (χ4n) is 3.79. The van der Waals surface area contributed by atoms with Gasteiger partial charge >= 0.3 is 0 Å². The lowest BCUT2D eigenvalue weighted by Gasteiger charge is -2.34. The minimum Gasteiger partial charge on any atom is -0.488 e. The summed E-state index contributed by atoms with van der Waals surface area (Å²) in [7, 11) is 0. The van der Waals surface area contributed by atoms with Crippen LogP contribution in [0.3, 0.4) is 0 Å². The number of allylic oxidation sites excluding steroid dienone is 3. The lowest BCUT2D eigenvalue weighted by molar-refractivity contribution is 0.0904. The number of hydrogen-bond donors (Lipinski definition) is 1. The van der Waals surface area contributed by atoms with Crippen molar-refractivity contribution in [2.75, 3.05) is 18.0 Å². The third-order valence-electron chi connectivity index (χ3n) is 5.35. The Morgan fingerprint density at radius 1 is 1.13 bits per heavy atom. The molecule has 9 heteroatoms. The highest BCUT2D eigenvalue weighted by atomic mass is 19.1. The number of H-pyrrole nitrogens is 1. The van der Waals surface area contributed by atoms with Gasteiger partial charge in [0.25, 0.3) is 0 Å². The van der Waals surface area contributed by atoms with Gasteiger partial charge in [-0.25, -0.2) is 18.7 Å². The highest BCUT2D eigenvalue weighted by Gasteiger charge is 2.27. The Bertz CT molecular complexity index is 1110. The van der Waals surface area contributed by atoms with Crippen LogP contribution in [0.4, 0.5) is 14.6 Å². The topological polar surface area (TPSA) is 79.8 Å². The van der Waals surface area contributed by atoms with Gasteiger partial charge in [-0.05, 0) is 18.2 Å². The molecule has 3 aromatic heterocycles. The summed E-state index contributed by atoms with van der Waals surface area (Å²) < 4.78 is 33.0. The van der Waals surface area contributed by atoms with Gasteiger partial charge in [-0.15, -0.1) is 0 Å². The summed E-state index contributed by atoms with van der Waals surface area (Å²) in [6.45, 7) is 1.37. The Hall–Kier alpha value is -3.36. The van der Waals surface area contributed by atoms with E-state index >= 15 is 0 Å². The molecule has 1 N–H and O–H groups in total. The number of ether oxygens (including phenoxy) is 1. The molecule has 1 aliphatic carbocycles. The maximum Gasteiger partial charge on any atom is 0.163 e. The highest BCUT2D eigenvalue weighted by molar-refractivity contribution is 5.82. The number of nitrogens with one attached hydrogen (secondary N) is 1. The maximum atomic E-state index is 13.9. The Balaban J connectivity index is 1.36. The number of aromatic amines is 1. The number of hydrogen-bond acceptors (Lipinski definition) is 6. The lowest BCUT2D eigenvalue weighted by atomic mass is 10.1. The van der Waals surface area contributed by atoms with Gasteiger partial charge in [0.15, 0.2) is 17.4 Å². The third kappa shape index (κ3) is 3.62. The van der Waals surface area contributed by atoms with Crippen LogP contribution in [0.25, 0.3) is 22.3 Å². The number of fused-ring (bicyclic) bond motifs is 1. The van der Waals surface area contributed by atoms with Crippen molar-refractivity contribution < 1.29 is 13.5 Å². The van der Waals surface area contributed by atoms with Crippen LogP contribution in [0.2, 0.25) is 0 Å². The number of aromatic nitrogens is 5. The summed E-state index contributed by atoms with van der Waals surface area (Å²) >= 11 is 0. The van der Waals surface area contributed by atoms with Crippen LogP contribution in [-0.4, -0.2) is 50.5 Å². The molecule has 30 heavy (non-hydrogen) atoms. The van der Waals surface area contributed by atoms with E-state index in [1.165, 1.54) is 6.08 Å². The second-order valence-corrected chi connectivity index (χ2v) is 7.39. The molecule has 2 aliphatic rings. The number of pyridine rings is 1. The summed E-state index contributed by atoms with van der Waals surface area (Å²) in [6.07, 6.45) is 9.50. The van der Waals surface area contributed by atoms with E-state index < -0.39 is 12.0 Å². The van der Waals surface area contributed by atoms with Gasteiger partial charge in [0.2, 0.25) is 0 Å². The number of halogens is 2. The van der Waals surface area contributed by atoms with Crippen molar-refractivity contribution in [1.82, 2.24) is 25.1 Å². The summed E-state index contributed by atoms with van der Waals surface area (Å²) in [5, 5.41) is 6.85. The van der Waals surface area contributed by atoms with Gasteiger partial charge in [-0.3, -0.25) is 10.1 Å². The van der Waals surface area contributed by atoms with E-state index in [2.05, 4.69) is 20.1 Å².